The molecule has 0 unspecified atom stereocenters. The van der Waals surface area contributed by atoms with Gasteiger partial charge in [-0.15, -0.1) is 0 Å². The van der Waals surface area contributed by atoms with Crippen molar-refractivity contribution >= 4 is 0 Å². The molecule has 0 bridgehead atoms. The van der Waals surface area contributed by atoms with Crippen molar-refractivity contribution in [2.24, 2.45) is 0 Å². The van der Waals surface area contributed by atoms with Crippen LogP contribution in [0.5, 0.6) is 5.75 Å². The monoisotopic (exact) mass is 346 g/mol. The van der Waals surface area contributed by atoms with Gasteiger partial charge in [0.25, 0.3) is 0 Å². The molecule has 0 aliphatic carbocycles. The molecule has 0 spiro atoms. The van der Waals surface area contributed by atoms with Gasteiger partial charge in [0.05, 0.1) is 13.7 Å². The number of fused-ring (bicyclic) bond motifs is 1. The Morgan fingerprint density at radius 3 is 2.50 bits per heavy atom. The number of rotatable bonds is 5. The van der Waals surface area contributed by atoms with Crippen LogP contribution in [0.1, 0.15) is 27.9 Å². The molecule has 0 atom stereocenters. The van der Waals surface area contributed by atoms with Crippen molar-refractivity contribution in [3.8, 4) is 5.75 Å². The summed E-state index contributed by atoms with van der Waals surface area (Å²) in [5.74, 6) is 0.954. The van der Waals surface area contributed by atoms with Crippen LogP contribution in [0.25, 0.3) is 0 Å². The molecule has 0 amide bonds. The van der Waals surface area contributed by atoms with Crippen molar-refractivity contribution < 1.29 is 4.74 Å². The van der Waals surface area contributed by atoms with E-state index in [4.69, 9.17) is 4.74 Å². The molecule has 1 aliphatic rings. The fraction of sp³-hybridized carbons (Fsp3) is 0.304. The Hall–Kier alpha value is -2.52. The van der Waals surface area contributed by atoms with E-state index >= 15 is 0 Å². The first-order chi connectivity index (χ1) is 12.7. The van der Waals surface area contributed by atoms with Gasteiger partial charge in [-0.1, -0.05) is 42.5 Å². The number of methoxy groups -OCH3 is 1. The third-order valence-electron chi connectivity index (χ3n) is 5.49. The topological polar surface area (TPSA) is 17.4 Å². The van der Waals surface area contributed by atoms with E-state index in [2.05, 4.69) is 65.1 Å². The second-order valence-corrected chi connectivity index (χ2v) is 7.10. The maximum absolute atomic E-state index is 5.50. The van der Waals surface area contributed by atoms with E-state index in [1.807, 2.05) is 12.1 Å². The third-order valence-corrected chi connectivity index (χ3v) is 5.49. The summed E-state index contributed by atoms with van der Waals surface area (Å²) in [4.78, 5) is 2.55. The third kappa shape index (κ3) is 3.40. The van der Waals surface area contributed by atoms with Crippen LogP contribution < -0.4 is 4.74 Å². The van der Waals surface area contributed by atoms with E-state index in [1.54, 1.807) is 7.11 Å². The van der Waals surface area contributed by atoms with Crippen LogP contribution in [0, 0.1) is 6.92 Å². The Kier molecular flexibility index (Phi) is 4.81. The Morgan fingerprint density at radius 2 is 1.65 bits per heavy atom. The number of ether oxygens (including phenoxy) is 1. The van der Waals surface area contributed by atoms with Gasteiger partial charge in [0, 0.05) is 37.1 Å². The first-order valence-corrected chi connectivity index (χ1v) is 9.30. The average Bonchev–Trinajstić information content (AvgIpc) is 3.02. The lowest BCUT2D eigenvalue weighted by Gasteiger charge is -2.28. The standard InChI is InChI=1S/C23H26N2O/c1-18-20(15-24-13-11-19-7-3-4-8-21(19)16-24)12-14-25(18)17-22-9-5-6-10-23(22)26-2/h3-10,12,14H,11,13,15-17H2,1-2H3. The summed E-state index contributed by atoms with van der Waals surface area (Å²) >= 11 is 0. The average molecular weight is 346 g/mol. The van der Waals surface area contributed by atoms with E-state index in [0.717, 1.165) is 38.3 Å². The number of benzene rings is 2. The zero-order valence-electron chi connectivity index (χ0n) is 15.6. The number of hydrogen-bond donors (Lipinski definition) is 0. The highest BCUT2D eigenvalue weighted by molar-refractivity contribution is 5.35. The molecule has 0 saturated heterocycles. The van der Waals surface area contributed by atoms with Crippen molar-refractivity contribution in [3.63, 3.8) is 0 Å². The molecule has 2 heterocycles. The molecule has 1 aromatic heterocycles. The molecular weight excluding hydrogens is 320 g/mol. The lowest BCUT2D eigenvalue weighted by molar-refractivity contribution is 0.245. The van der Waals surface area contributed by atoms with Gasteiger partial charge >= 0.3 is 0 Å². The lowest BCUT2D eigenvalue weighted by Crippen LogP contribution is -2.30. The molecule has 4 rings (SSSR count). The van der Waals surface area contributed by atoms with Crippen LogP contribution >= 0.6 is 0 Å². The van der Waals surface area contributed by atoms with Crippen molar-refractivity contribution in [2.75, 3.05) is 13.7 Å². The normalized spacial score (nSPS) is 14.2. The minimum atomic E-state index is 0.846. The molecule has 1 aliphatic heterocycles. The fourth-order valence-corrected chi connectivity index (χ4v) is 3.88. The smallest absolute Gasteiger partial charge is 0.123 e. The molecule has 3 nitrogen and oxygen atoms in total. The highest BCUT2D eigenvalue weighted by atomic mass is 16.5. The van der Waals surface area contributed by atoms with Gasteiger partial charge in [-0.05, 0) is 42.2 Å². The van der Waals surface area contributed by atoms with E-state index in [-0.39, 0.29) is 0 Å². The summed E-state index contributed by atoms with van der Waals surface area (Å²) in [6, 6.07) is 19.4. The van der Waals surface area contributed by atoms with Crippen LogP contribution in [0.15, 0.2) is 60.8 Å². The SMILES string of the molecule is COc1ccccc1Cn1ccc(CN2CCc3ccccc3C2)c1C. The summed E-state index contributed by atoms with van der Waals surface area (Å²) in [6.07, 6.45) is 3.35. The molecule has 0 radical (unpaired) electrons. The second kappa shape index (κ2) is 7.38. The number of hydrogen-bond acceptors (Lipinski definition) is 2. The molecule has 26 heavy (non-hydrogen) atoms. The molecule has 0 fully saturated rings. The largest absolute Gasteiger partial charge is 0.496 e. The zero-order valence-corrected chi connectivity index (χ0v) is 15.6. The second-order valence-electron chi connectivity index (χ2n) is 7.10. The minimum absolute atomic E-state index is 0.846. The van der Waals surface area contributed by atoms with Crippen molar-refractivity contribution in [2.45, 2.75) is 33.0 Å². The van der Waals surface area contributed by atoms with Gasteiger partial charge < -0.3 is 9.30 Å². The highest BCUT2D eigenvalue weighted by Crippen LogP contribution is 2.23. The zero-order chi connectivity index (χ0) is 17.9. The maximum Gasteiger partial charge on any atom is 0.123 e. The Bertz CT molecular complexity index is 897. The van der Waals surface area contributed by atoms with Gasteiger partial charge in [-0.3, -0.25) is 4.90 Å². The maximum atomic E-state index is 5.50. The summed E-state index contributed by atoms with van der Waals surface area (Å²) in [5, 5.41) is 0. The van der Waals surface area contributed by atoms with E-state index < -0.39 is 0 Å². The van der Waals surface area contributed by atoms with Gasteiger partial charge in [-0.25, -0.2) is 0 Å². The summed E-state index contributed by atoms with van der Waals surface area (Å²) < 4.78 is 7.82. The molecular formula is C23H26N2O. The lowest BCUT2D eigenvalue weighted by atomic mass is 9.99. The number of para-hydroxylation sites is 1. The van der Waals surface area contributed by atoms with Crippen LogP contribution in [0.2, 0.25) is 0 Å². The number of aromatic nitrogens is 1. The molecule has 0 N–H and O–H groups in total. The molecule has 134 valence electrons. The quantitative estimate of drug-likeness (QED) is 0.681. The van der Waals surface area contributed by atoms with Crippen molar-refractivity contribution in [1.29, 1.82) is 0 Å². The van der Waals surface area contributed by atoms with E-state index in [9.17, 15) is 0 Å². The Labute approximate surface area is 155 Å². The first-order valence-electron chi connectivity index (χ1n) is 9.30. The van der Waals surface area contributed by atoms with E-state index in [1.165, 1.54) is 27.9 Å². The van der Waals surface area contributed by atoms with Crippen LogP contribution in [0.3, 0.4) is 0 Å². The number of nitrogens with zero attached hydrogens (tertiary/aromatic N) is 2. The van der Waals surface area contributed by atoms with Gasteiger partial charge in [0.2, 0.25) is 0 Å². The van der Waals surface area contributed by atoms with Crippen LogP contribution in [-0.2, 0) is 26.1 Å². The van der Waals surface area contributed by atoms with Gasteiger partial charge in [0.1, 0.15) is 5.75 Å². The first kappa shape index (κ1) is 16.9. The molecule has 3 heteroatoms. The Balaban J connectivity index is 1.48. The van der Waals surface area contributed by atoms with Crippen molar-refractivity contribution in [3.05, 3.63) is 88.7 Å². The summed E-state index contributed by atoms with van der Waals surface area (Å²) in [6.45, 7) is 6.27. The predicted octanol–water partition coefficient (Wildman–Crippen LogP) is 4.41. The van der Waals surface area contributed by atoms with E-state index in [0.29, 0.717) is 0 Å². The Morgan fingerprint density at radius 1 is 0.885 bits per heavy atom. The molecule has 0 saturated carbocycles. The van der Waals surface area contributed by atoms with Crippen LogP contribution in [-0.4, -0.2) is 23.1 Å². The minimum Gasteiger partial charge on any atom is -0.496 e. The van der Waals surface area contributed by atoms with Crippen LogP contribution in [0.4, 0.5) is 0 Å². The fourth-order valence-electron chi connectivity index (χ4n) is 3.88. The highest BCUT2D eigenvalue weighted by Gasteiger charge is 2.17. The van der Waals surface area contributed by atoms with Crippen molar-refractivity contribution in [1.82, 2.24) is 9.47 Å². The molecule has 3 aromatic rings. The van der Waals surface area contributed by atoms with Gasteiger partial charge in [-0.2, -0.15) is 0 Å². The van der Waals surface area contributed by atoms with Gasteiger partial charge in [0.15, 0.2) is 0 Å². The molecule has 2 aromatic carbocycles. The summed E-state index contributed by atoms with van der Waals surface area (Å²) in [5.41, 5.74) is 6.96. The summed E-state index contributed by atoms with van der Waals surface area (Å²) in [7, 11) is 1.74. The predicted molar refractivity (Wildman–Crippen MR) is 106 cm³/mol.